The number of carbonyl (C=O) groups excluding carboxylic acids is 6. The number of amides is 3. The number of nitrogens with one attached hydrogen (secondary N) is 3. The summed E-state index contributed by atoms with van der Waals surface area (Å²) >= 11 is -3.72. The standard InChI is InChI=1S/3C12H23NO3.Al/c3*1-2-3-4-5-6-7-8-9-11(14)13-10-12(15)16;/h3*2-10H2,1H3,(H,13,14)(H,15,16);/q;;;+3/p-3. The molecule has 0 saturated heterocycles. The lowest BCUT2D eigenvalue weighted by molar-refractivity contribution is -0.148. The van der Waals surface area contributed by atoms with Crippen LogP contribution in [0.1, 0.15) is 175 Å². The largest absolute Gasteiger partial charge is 1.20 e. The maximum absolute atomic E-state index is 12.5. The van der Waals surface area contributed by atoms with E-state index in [4.69, 9.17) is 11.4 Å². The highest BCUT2D eigenvalue weighted by atomic mass is 27.3. The maximum atomic E-state index is 12.5. The zero-order valence-electron chi connectivity index (χ0n) is 30.8. The number of hydrogen-bond acceptors (Lipinski definition) is 9. The molecule has 3 amide bonds. The molecule has 0 atom stereocenters. The van der Waals surface area contributed by atoms with E-state index in [0.29, 0.717) is 19.3 Å². The first-order valence-electron chi connectivity index (χ1n) is 19.1. The van der Waals surface area contributed by atoms with E-state index >= 15 is 0 Å². The number of carbonyl (C=O) groups is 6. The van der Waals surface area contributed by atoms with Gasteiger partial charge in [0.1, 0.15) is 19.6 Å². The molecule has 12 nitrogen and oxygen atoms in total. The fraction of sp³-hybridized carbons (Fsp3) is 0.833. The van der Waals surface area contributed by atoms with E-state index < -0.39 is 52.7 Å². The van der Waals surface area contributed by atoms with Crippen molar-refractivity contribution in [3.8, 4) is 0 Å². The molecule has 0 aliphatic heterocycles. The Balaban J connectivity index is 4.72. The van der Waals surface area contributed by atoms with E-state index in [2.05, 4.69) is 36.7 Å². The third-order valence-corrected chi connectivity index (χ3v) is 9.36. The van der Waals surface area contributed by atoms with Gasteiger partial charge in [-0.15, -0.1) is 0 Å². The van der Waals surface area contributed by atoms with Gasteiger partial charge in [0.05, 0.1) is 0 Å². The maximum Gasteiger partial charge on any atom is 1.20 e. The summed E-state index contributed by atoms with van der Waals surface area (Å²) < 4.78 is 15.4. The van der Waals surface area contributed by atoms with E-state index in [0.717, 1.165) is 57.8 Å². The molecule has 0 fully saturated rings. The van der Waals surface area contributed by atoms with Gasteiger partial charge in [-0.05, 0) is 19.3 Å². The van der Waals surface area contributed by atoms with E-state index in [1.807, 2.05) is 0 Å². The van der Waals surface area contributed by atoms with Crippen LogP contribution in [0.5, 0.6) is 0 Å². The Hall–Kier alpha value is -2.65. The van der Waals surface area contributed by atoms with Crippen molar-refractivity contribution in [2.75, 3.05) is 19.6 Å². The molecule has 0 aromatic heterocycles. The Morgan fingerprint density at radius 2 is 0.592 bits per heavy atom. The number of rotatable bonds is 33. The van der Waals surface area contributed by atoms with Gasteiger partial charge in [0, 0.05) is 19.3 Å². The first-order valence-corrected chi connectivity index (χ1v) is 20.5. The Morgan fingerprint density at radius 1 is 0.367 bits per heavy atom. The lowest BCUT2D eigenvalue weighted by atomic mass is 10.1. The van der Waals surface area contributed by atoms with Crippen LogP contribution in [0.3, 0.4) is 0 Å². The van der Waals surface area contributed by atoms with Gasteiger partial charge in [0.25, 0.3) is 17.9 Å². The molecule has 0 aromatic carbocycles. The third-order valence-electron chi connectivity index (χ3n) is 7.99. The van der Waals surface area contributed by atoms with Crippen LogP contribution >= 0.6 is 0 Å². The van der Waals surface area contributed by atoms with Crippen LogP contribution in [0.4, 0.5) is 0 Å². The molecule has 0 unspecified atom stereocenters. The van der Waals surface area contributed by atoms with Crippen molar-refractivity contribution in [1.82, 2.24) is 16.0 Å². The summed E-state index contributed by atoms with van der Waals surface area (Å²) in [4.78, 5) is 73.9. The van der Waals surface area contributed by atoms with Crippen LogP contribution in [0.15, 0.2) is 0 Å². The van der Waals surface area contributed by atoms with E-state index in [-0.39, 0.29) is 37.0 Å². The molecule has 0 aromatic rings. The quantitative estimate of drug-likeness (QED) is 0.0518. The normalized spacial score (nSPS) is 10.6. The Labute approximate surface area is 300 Å². The molecule has 0 saturated carbocycles. The Bertz CT molecular complexity index is 806. The summed E-state index contributed by atoms with van der Waals surface area (Å²) in [6.45, 7) is 5.01. The summed E-state index contributed by atoms with van der Waals surface area (Å²) in [5.41, 5.74) is 0. The molecule has 282 valence electrons. The van der Waals surface area contributed by atoms with E-state index in [9.17, 15) is 28.8 Å². The molecule has 13 heteroatoms. The van der Waals surface area contributed by atoms with Crippen LogP contribution < -0.4 is 16.0 Å². The Morgan fingerprint density at radius 3 is 0.837 bits per heavy atom. The molecule has 3 N–H and O–H groups in total. The van der Waals surface area contributed by atoms with Gasteiger partial charge in [0.2, 0.25) is 17.7 Å². The lowest BCUT2D eigenvalue weighted by Crippen LogP contribution is -2.42. The van der Waals surface area contributed by atoms with Gasteiger partial charge < -0.3 is 27.3 Å². The van der Waals surface area contributed by atoms with E-state index in [1.165, 1.54) is 57.8 Å². The summed E-state index contributed by atoms with van der Waals surface area (Å²) in [6.07, 6.45) is 23.0. The monoisotopic (exact) mass is 711 g/mol. The minimum Gasteiger partial charge on any atom is -0.549 e. The van der Waals surface area contributed by atoms with Crippen molar-refractivity contribution in [3.63, 3.8) is 0 Å². The molecule has 0 aliphatic carbocycles. The molecule has 0 aliphatic rings. The predicted octanol–water partition coefficient (Wildman–Crippen LogP) is 6.37. The second-order valence-corrected chi connectivity index (χ2v) is 14.0. The van der Waals surface area contributed by atoms with Crippen molar-refractivity contribution in [2.24, 2.45) is 0 Å². The molecule has 0 spiro atoms. The fourth-order valence-corrected chi connectivity index (χ4v) is 6.06. The van der Waals surface area contributed by atoms with Crippen molar-refractivity contribution >= 4 is 50.8 Å². The molecule has 49 heavy (non-hydrogen) atoms. The zero-order valence-corrected chi connectivity index (χ0v) is 32.0. The predicted molar refractivity (Wildman–Crippen MR) is 191 cm³/mol. The summed E-state index contributed by atoms with van der Waals surface area (Å²) in [5.74, 6) is -3.75. The van der Waals surface area contributed by atoms with Gasteiger partial charge >= 0.3 is 15.1 Å². The highest BCUT2D eigenvalue weighted by Crippen LogP contribution is 2.10. The highest BCUT2D eigenvalue weighted by Gasteiger charge is 2.49. The number of unbranched alkanes of at least 4 members (excludes halogenated alkanes) is 18. The van der Waals surface area contributed by atoms with Crippen LogP contribution in [0.2, 0.25) is 0 Å². The molecule has 0 heterocycles. The van der Waals surface area contributed by atoms with Gasteiger partial charge in [-0.3, -0.25) is 28.8 Å². The molecule has 0 rings (SSSR count). The van der Waals surface area contributed by atoms with Crippen molar-refractivity contribution in [2.45, 2.75) is 175 Å². The van der Waals surface area contributed by atoms with Crippen molar-refractivity contribution in [1.29, 1.82) is 0 Å². The topological polar surface area (TPSA) is 166 Å². The summed E-state index contributed by atoms with van der Waals surface area (Å²) in [5, 5.41) is 7.43. The number of hydrogen-bond donors (Lipinski definition) is 3. The van der Waals surface area contributed by atoms with Gasteiger partial charge in [-0.1, -0.05) is 136 Å². The lowest BCUT2D eigenvalue weighted by Gasteiger charge is -2.14. The SMILES string of the molecule is CCCCCCCCCC(=O)NCC(=O)[O][Al]([O]C(=O)CNC(=O)CCCCCCCCC)[O]C(=O)CNC(=O)CCCCCCCCC. The van der Waals surface area contributed by atoms with Crippen LogP contribution in [-0.4, -0.2) is 70.4 Å². The van der Waals surface area contributed by atoms with Crippen LogP contribution in [-0.2, 0) is 40.1 Å². The zero-order chi connectivity index (χ0) is 36.4. The summed E-state index contributed by atoms with van der Waals surface area (Å²) in [7, 11) is 0. The van der Waals surface area contributed by atoms with Gasteiger partial charge in [0.15, 0.2) is 0 Å². The molecule has 0 radical (unpaired) electrons. The van der Waals surface area contributed by atoms with Crippen LogP contribution in [0, 0.1) is 0 Å². The fourth-order valence-electron chi connectivity index (χ4n) is 5.02. The van der Waals surface area contributed by atoms with Gasteiger partial charge in [-0.2, -0.15) is 0 Å². The molecule has 0 bridgehead atoms. The third kappa shape index (κ3) is 32.3. The Kier molecular flexibility index (Phi) is 32.0. The first kappa shape index (κ1) is 46.4. The van der Waals surface area contributed by atoms with Gasteiger partial charge in [-0.25, -0.2) is 0 Å². The second-order valence-electron chi connectivity index (χ2n) is 12.7. The molecular weight excluding hydrogens is 645 g/mol. The molecular formula is C36H66AlN3O9. The highest BCUT2D eigenvalue weighted by molar-refractivity contribution is 6.44. The average Bonchev–Trinajstić information content (AvgIpc) is 3.07. The van der Waals surface area contributed by atoms with Crippen molar-refractivity contribution in [3.05, 3.63) is 0 Å². The van der Waals surface area contributed by atoms with E-state index in [1.54, 1.807) is 0 Å². The average molecular weight is 712 g/mol. The second kappa shape index (κ2) is 33.8. The minimum absolute atomic E-state index is 0.267. The summed E-state index contributed by atoms with van der Waals surface area (Å²) in [6, 6.07) is 0. The minimum atomic E-state index is -3.72. The van der Waals surface area contributed by atoms with Crippen LogP contribution in [0.25, 0.3) is 0 Å². The van der Waals surface area contributed by atoms with Crippen molar-refractivity contribution < 1.29 is 40.1 Å². The first-order chi connectivity index (χ1) is 23.7. The smallest absolute Gasteiger partial charge is 0.549 e.